The summed E-state index contributed by atoms with van der Waals surface area (Å²) in [4.78, 5) is 13.9. The molecule has 1 amide bonds. The van der Waals surface area contributed by atoms with E-state index in [9.17, 15) is 13.2 Å². The number of likely N-dealkylation sites (tertiary alicyclic amines) is 1. The van der Waals surface area contributed by atoms with E-state index in [0.717, 1.165) is 51.6 Å². The monoisotopic (exact) mass is 288 g/mol. The smallest absolute Gasteiger partial charge is 0.223 e. The number of rotatable bonds is 5. The molecule has 2 fully saturated rings. The van der Waals surface area contributed by atoms with E-state index in [2.05, 4.69) is 0 Å². The van der Waals surface area contributed by atoms with Gasteiger partial charge in [0.1, 0.15) is 0 Å². The van der Waals surface area contributed by atoms with E-state index in [0.29, 0.717) is 13.0 Å². The largest absolute Gasteiger partial charge is 0.343 e. The van der Waals surface area contributed by atoms with E-state index in [1.807, 2.05) is 4.90 Å². The van der Waals surface area contributed by atoms with Crippen LogP contribution in [-0.4, -0.2) is 55.5 Å². The molecule has 19 heavy (non-hydrogen) atoms. The molecule has 1 saturated carbocycles. The third-order valence-corrected chi connectivity index (χ3v) is 5.50. The van der Waals surface area contributed by atoms with Gasteiger partial charge in [0.15, 0.2) is 0 Å². The topological polar surface area (TPSA) is 57.7 Å². The average molecular weight is 288 g/mol. The summed E-state index contributed by atoms with van der Waals surface area (Å²) in [6.07, 6.45) is 7.78. The first-order valence-corrected chi connectivity index (χ1v) is 9.08. The van der Waals surface area contributed by atoms with Gasteiger partial charge in [0.25, 0.3) is 0 Å². The molecule has 0 N–H and O–H groups in total. The van der Waals surface area contributed by atoms with Crippen molar-refractivity contribution >= 4 is 15.9 Å². The lowest BCUT2D eigenvalue weighted by molar-refractivity contribution is -0.130. The Morgan fingerprint density at radius 2 is 1.74 bits per heavy atom. The minimum absolute atomic E-state index is 0.101. The van der Waals surface area contributed by atoms with Gasteiger partial charge in [0.05, 0.1) is 6.26 Å². The van der Waals surface area contributed by atoms with Gasteiger partial charge in [-0.3, -0.25) is 4.79 Å². The molecule has 2 aliphatic rings. The fraction of sp³-hybridized carbons (Fsp3) is 0.923. The molecule has 110 valence electrons. The predicted molar refractivity (Wildman–Crippen MR) is 74.2 cm³/mol. The third kappa shape index (κ3) is 3.92. The summed E-state index contributed by atoms with van der Waals surface area (Å²) in [5.41, 5.74) is 0. The van der Waals surface area contributed by atoms with Crippen LogP contribution in [0.3, 0.4) is 0 Å². The molecule has 0 atom stereocenters. The standard InChI is InChI=1S/C13H24N2O3S/c1-19(17,18)15(12-6-2-3-7-12)11-8-13(16)14-9-4-5-10-14/h12H,2-11H2,1H3. The fourth-order valence-electron chi connectivity index (χ4n) is 3.14. The van der Waals surface area contributed by atoms with Crippen molar-refractivity contribution < 1.29 is 13.2 Å². The molecule has 0 aromatic heterocycles. The van der Waals surface area contributed by atoms with E-state index >= 15 is 0 Å². The summed E-state index contributed by atoms with van der Waals surface area (Å²) in [5.74, 6) is 0.101. The molecule has 1 aliphatic heterocycles. The molecular weight excluding hydrogens is 264 g/mol. The first-order valence-electron chi connectivity index (χ1n) is 7.23. The molecule has 0 radical (unpaired) electrons. The van der Waals surface area contributed by atoms with Gasteiger partial charge in [-0.05, 0) is 25.7 Å². The highest BCUT2D eigenvalue weighted by Gasteiger charge is 2.30. The first kappa shape index (κ1) is 14.8. The lowest BCUT2D eigenvalue weighted by atomic mass is 10.2. The third-order valence-electron chi connectivity index (χ3n) is 4.16. The van der Waals surface area contributed by atoms with Crippen LogP contribution in [0.1, 0.15) is 44.9 Å². The normalized spacial score (nSPS) is 21.5. The second-order valence-electron chi connectivity index (χ2n) is 5.65. The van der Waals surface area contributed by atoms with Crippen molar-refractivity contribution in [3.8, 4) is 0 Å². The van der Waals surface area contributed by atoms with Gasteiger partial charge >= 0.3 is 0 Å². The van der Waals surface area contributed by atoms with Crippen molar-refractivity contribution in [1.29, 1.82) is 0 Å². The Hall–Kier alpha value is -0.620. The molecule has 0 aromatic rings. The average Bonchev–Trinajstić information content (AvgIpc) is 3.00. The highest BCUT2D eigenvalue weighted by Crippen LogP contribution is 2.25. The van der Waals surface area contributed by atoms with Crippen molar-refractivity contribution in [2.45, 2.75) is 51.0 Å². The highest BCUT2D eigenvalue weighted by atomic mass is 32.2. The molecule has 1 aliphatic carbocycles. The summed E-state index contributed by atoms with van der Waals surface area (Å²) in [7, 11) is -3.20. The molecule has 0 bridgehead atoms. The Morgan fingerprint density at radius 1 is 1.16 bits per heavy atom. The van der Waals surface area contributed by atoms with Crippen LogP contribution in [-0.2, 0) is 14.8 Å². The molecule has 5 nitrogen and oxygen atoms in total. The molecule has 0 unspecified atom stereocenters. The number of amides is 1. The molecular formula is C13H24N2O3S. The van der Waals surface area contributed by atoms with Crippen molar-refractivity contribution in [2.75, 3.05) is 25.9 Å². The van der Waals surface area contributed by atoms with E-state index in [-0.39, 0.29) is 11.9 Å². The summed E-state index contributed by atoms with van der Waals surface area (Å²) < 4.78 is 25.3. The molecule has 0 aromatic carbocycles. The minimum Gasteiger partial charge on any atom is -0.343 e. The second-order valence-corrected chi connectivity index (χ2v) is 7.58. The van der Waals surface area contributed by atoms with Gasteiger partial charge in [-0.25, -0.2) is 8.42 Å². The Balaban J connectivity index is 1.91. The van der Waals surface area contributed by atoms with Crippen LogP contribution in [0.4, 0.5) is 0 Å². The number of carbonyl (C=O) groups is 1. The van der Waals surface area contributed by atoms with E-state index in [1.54, 1.807) is 4.31 Å². The van der Waals surface area contributed by atoms with Gasteiger partial charge in [-0.2, -0.15) is 4.31 Å². The maximum absolute atomic E-state index is 12.0. The van der Waals surface area contributed by atoms with Crippen molar-refractivity contribution in [2.24, 2.45) is 0 Å². The highest BCUT2D eigenvalue weighted by molar-refractivity contribution is 7.88. The molecule has 1 saturated heterocycles. The Bertz CT molecular complexity index is 410. The minimum atomic E-state index is -3.20. The zero-order valence-corrected chi connectivity index (χ0v) is 12.5. The summed E-state index contributed by atoms with van der Waals surface area (Å²) in [6.45, 7) is 2.01. The Morgan fingerprint density at radius 3 is 2.26 bits per heavy atom. The summed E-state index contributed by atoms with van der Waals surface area (Å²) >= 11 is 0. The van der Waals surface area contributed by atoms with E-state index in [4.69, 9.17) is 0 Å². The lowest BCUT2D eigenvalue weighted by Crippen LogP contribution is -2.41. The van der Waals surface area contributed by atoms with Gasteiger partial charge in [-0.15, -0.1) is 0 Å². The van der Waals surface area contributed by atoms with Gasteiger partial charge in [0, 0.05) is 32.1 Å². The summed E-state index contributed by atoms with van der Waals surface area (Å²) in [5, 5.41) is 0. The van der Waals surface area contributed by atoms with Crippen LogP contribution in [0.2, 0.25) is 0 Å². The van der Waals surface area contributed by atoms with Crippen LogP contribution in [0, 0.1) is 0 Å². The lowest BCUT2D eigenvalue weighted by Gasteiger charge is -2.27. The van der Waals surface area contributed by atoms with Crippen LogP contribution < -0.4 is 0 Å². The SMILES string of the molecule is CS(=O)(=O)N(CCC(=O)N1CCCC1)C1CCCC1. The van der Waals surface area contributed by atoms with Crippen LogP contribution in [0.15, 0.2) is 0 Å². The maximum atomic E-state index is 12.0. The molecule has 1 heterocycles. The van der Waals surface area contributed by atoms with Crippen molar-refractivity contribution in [3.63, 3.8) is 0 Å². The molecule has 6 heteroatoms. The van der Waals surface area contributed by atoms with Gasteiger partial charge in [0.2, 0.25) is 15.9 Å². The number of hydrogen-bond donors (Lipinski definition) is 0. The Kier molecular flexibility index (Phi) is 4.84. The second kappa shape index (κ2) is 6.22. The van der Waals surface area contributed by atoms with Crippen molar-refractivity contribution in [1.82, 2.24) is 9.21 Å². The number of hydrogen-bond acceptors (Lipinski definition) is 3. The summed E-state index contributed by atoms with van der Waals surface area (Å²) in [6, 6.07) is 0.112. The Labute approximate surface area is 116 Å². The predicted octanol–water partition coefficient (Wildman–Crippen LogP) is 1.20. The van der Waals surface area contributed by atoms with Crippen LogP contribution in [0.25, 0.3) is 0 Å². The molecule has 2 rings (SSSR count). The zero-order valence-electron chi connectivity index (χ0n) is 11.7. The maximum Gasteiger partial charge on any atom is 0.223 e. The zero-order chi connectivity index (χ0) is 13.9. The van der Waals surface area contributed by atoms with E-state index < -0.39 is 10.0 Å². The number of sulfonamides is 1. The van der Waals surface area contributed by atoms with Crippen molar-refractivity contribution in [3.05, 3.63) is 0 Å². The van der Waals surface area contributed by atoms with Crippen LogP contribution in [0.5, 0.6) is 0 Å². The number of carbonyl (C=O) groups excluding carboxylic acids is 1. The van der Waals surface area contributed by atoms with Gasteiger partial charge in [-0.1, -0.05) is 12.8 Å². The van der Waals surface area contributed by atoms with Gasteiger partial charge < -0.3 is 4.90 Å². The van der Waals surface area contributed by atoms with Crippen LogP contribution >= 0.6 is 0 Å². The molecule has 0 spiro atoms. The van der Waals surface area contributed by atoms with E-state index in [1.165, 1.54) is 6.26 Å². The fourth-order valence-corrected chi connectivity index (χ4v) is 4.32. The quantitative estimate of drug-likeness (QED) is 0.764. The number of nitrogens with zero attached hydrogens (tertiary/aromatic N) is 2. The first-order chi connectivity index (χ1) is 8.98.